The molecule has 0 fully saturated rings. The molecule has 0 amide bonds. The monoisotopic (exact) mass is 180 g/mol. The van der Waals surface area contributed by atoms with E-state index in [2.05, 4.69) is 11.8 Å². The summed E-state index contributed by atoms with van der Waals surface area (Å²) in [6, 6.07) is 2.03. The van der Waals surface area contributed by atoms with E-state index in [0.29, 0.717) is 0 Å². The van der Waals surface area contributed by atoms with Crippen molar-refractivity contribution in [2.75, 3.05) is 0 Å². The van der Waals surface area contributed by atoms with Gasteiger partial charge < -0.3 is 5.11 Å². The smallest absolute Gasteiger partial charge is 0.120 e. The fourth-order valence-electron chi connectivity index (χ4n) is 0.711. The van der Waals surface area contributed by atoms with Gasteiger partial charge in [0.1, 0.15) is 5.60 Å². The van der Waals surface area contributed by atoms with Crippen molar-refractivity contribution in [2.45, 2.75) is 26.4 Å². The van der Waals surface area contributed by atoms with Crippen molar-refractivity contribution in [3.63, 3.8) is 0 Å². The van der Waals surface area contributed by atoms with Crippen LogP contribution < -0.4 is 0 Å². The second-order valence-corrected chi connectivity index (χ2v) is 4.16. The van der Waals surface area contributed by atoms with E-state index in [1.807, 2.05) is 18.4 Å². The van der Waals surface area contributed by atoms with E-state index in [0.717, 1.165) is 4.88 Å². The summed E-state index contributed by atoms with van der Waals surface area (Å²) in [7, 11) is 0. The normalized spacial score (nSPS) is 10.7. The lowest BCUT2D eigenvalue weighted by Gasteiger charge is -2.05. The first-order chi connectivity index (χ1) is 5.49. The van der Waals surface area contributed by atoms with Crippen molar-refractivity contribution in [1.82, 2.24) is 0 Å². The molecule has 0 saturated carbocycles. The number of aryl methyl sites for hydroxylation is 1. The first kappa shape index (κ1) is 9.31. The lowest BCUT2D eigenvalue weighted by Crippen LogP contribution is -2.14. The largest absolute Gasteiger partial charge is 0.378 e. The van der Waals surface area contributed by atoms with Crippen LogP contribution in [0.2, 0.25) is 0 Å². The van der Waals surface area contributed by atoms with Crippen LogP contribution in [0, 0.1) is 18.8 Å². The molecular formula is C10H12OS. The molecule has 1 heterocycles. The topological polar surface area (TPSA) is 20.2 Å². The molecule has 0 unspecified atom stereocenters. The third kappa shape index (κ3) is 2.69. The molecule has 64 valence electrons. The van der Waals surface area contributed by atoms with Gasteiger partial charge >= 0.3 is 0 Å². The van der Waals surface area contributed by atoms with Crippen LogP contribution in [0.15, 0.2) is 11.4 Å². The Hall–Kier alpha value is -0.780. The second-order valence-electron chi connectivity index (χ2n) is 3.24. The molecule has 0 aliphatic heterocycles. The zero-order chi connectivity index (χ0) is 9.19. The highest BCUT2D eigenvalue weighted by Crippen LogP contribution is 2.13. The molecule has 0 bridgehead atoms. The van der Waals surface area contributed by atoms with Crippen molar-refractivity contribution < 1.29 is 5.11 Å². The minimum absolute atomic E-state index is 0.892. The highest BCUT2D eigenvalue weighted by atomic mass is 32.1. The molecule has 1 rings (SSSR count). The van der Waals surface area contributed by atoms with Gasteiger partial charge in [-0.3, -0.25) is 0 Å². The Morgan fingerprint density at radius 3 is 2.58 bits per heavy atom. The van der Waals surface area contributed by atoms with Gasteiger partial charge in [-0.25, -0.2) is 0 Å². The number of rotatable bonds is 0. The van der Waals surface area contributed by atoms with Gasteiger partial charge in [0.25, 0.3) is 0 Å². The minimum atomic E-state index is -0.892. The summed E-state index contributed by atoms with van der Waals surface area (Å²) in [6.07, 6.45) is 0. The molecule has 2 heteroatoms. The van der Waals surface area contributed by atoms with Gasteiger partial charge in [0, 0.05) is 0 Å². The number of aliphatic hydroxyl groups is 1. The molecule has 1 aromatic heterocycles. The van der Waals surface area contributed by atoms with Gasteiger partial charge in [0.15, 0.2) is 0 Å². The van der Waals surface area contributed by atoms with E-state index in [9.17, 15) is 5.11 Å². The molecule has 0 saturated heterocycles. The molecule has 12 heavy (non-hydrogen) atoms. The Morgan fingerprint density at radius 2 is 2.17 bits per heavy atom. The SMILES string of the molecule is Cc1ccsc1C#CC(C)(C)O. The van der Waals surface area contributed by atoms with Crippen LogP contribution in [0.3, 0.4) is 0 Å². The molecule has 1 aromatic rings. The summed E-state index contributed by atoms with van der Waals surface area (Å²) in [5.74, 6) is 5.73. The summed E-state index contributed by atoms with van der Waals surface area (Å²) in [5, 5.41) is 11.3. The third-order valence-electron chi connectivity index (χ3n) is 1.34. The molecule has 0 aliphatic carbocycles. The molecule has 0 radical (unpaired) electrons. The van der Waals surface area contributed by atoms with Gasteiger partial charge in [0.2, 0.25) is 0 Å². The minimum Gasteiger partial charge on any atom is -0.378 e. The quantitative estimate of drug-likeness (QED) is 0.607. The first-order valence-corrected chi connectivity index (χ1v) is 4.67. The average molecular weight is 180 g/mol. The average Bonchev–Trinajstić information content (AvgIpc) is 2.29. The number of hydrogen-bond acceptors (Lipinski definition) is 2. The van der Waals surface area contributed by atoms with Gasteiger partial charge in [0.05, 0.1) is 4.88 Å². The van der Waals surface area contributed by atoms with E-state index >= 15 is 0 Å². The van der Waals surface area contributed by atoms with Crippen LogP contribution in [0.25, 0.3) is 0 Å². The lowest BCUT2D eigenvalue weighted by atomic mass is 10.1. The fourth-order valence-corrected chi connectivity index (χ4v) is 1.48. The molecular weight excluding hydrogens is 168 g/mol. The van der Waals surface area contributed by atoms with Crippen LogP contribution in [-0.4, -0.2) is 10.7 Å². The van der Waals surface area contributed by atoms with Crippen molar-refractivity contribution >= 4 is 11.3 Å². The molecule has 1 nitrogen and oxygen atoms in total. The summed E-state index contributed by atoms with van der Waals surface area (Å²) in [5.41, 5.74) is 0.285. The van der Waals surface area contributed by atoms with Gasteiger partial charge in [-0.05, 0) is 37.8 Å². The summed E-state index contributed by atoms with van der Waals surface area (Å²) in [4.78, 5) is 1.04. The molecule has 0 aromatic carbocycles. The number of hydrogen-bond donors (Lipinski definition) is 1. The van der Waals surface area contributed by atoms with Crippen molar-refractivity contribution in [1.29, 1.82) is 0 Å². The van der Waals surface area contributed by atoms with E-state index < -0.39 is 5.60 Å². The molecule has 1 N–H and O–H groups in total. The molecule has 0 atom stereocenters. The highest BCUT2D eigenvalue weighted by molar-refractivity contribution is 7.10. The predicted octanol–water partition coefficient (Wildman–Crippen LogP) is 2.18. The van der Waals surface area contributed by atoms with Crippen molar-refractivity contribution in [3.8, 4) is 11.8 Å². The lowest BCUT2D eigenvalue weighted by molar-refractivity contribution is 0.143. The Kier molecular flexibility index (Phi) is 2.56. The summed E-state index contributed by atoms with van der Waals surface area (Å²) < 4.78 is 0. The third-order valence-corrected chi connectivity index (χ3v) is 2.28. The van der Waals surface area contributed by atoms with E-state index in [4.69, 9.17) is 0 Å². The van der Waals surface area contributed by atoms with Crippen molar-refractivity contribution in [3.05, 3.63) is 21.9 Å². The van der Waals surface area contributed by atoms with E-state index in [1.54, 1.807) is 25.2 Å². The maximum atomic E-state index is 9.34. The van der Waals surface area contributed by atoms with Crippen LogP contribution in [0.1, 0.15) is 24.3 Å². The van der Waals surface area contributed by atoms with Crippen LogP contribution >= 0.6 is 11.3 Å². The van der Waals surface area contributed by atoms with Gasteiger partial charge in [-0.15, -0.1) is 11.3 Å². The Morgan fingerprint density at radius 1 is 1.50 bits per heavy atom. The van der Waals surface area contributed by atoms with Crippen LogP contribution in [0.4, 0.5) is 0 Å². The van der Waals surface area contributed by atoms with Crippen LogP contribution in [-0.2, 0) is 0 Å². The van der Waals surface area contributed by atoms with Crippen LogP contribution in [0.5, 0.6) is 0 Å². The van der Waals surface area contributed by atoms with Gasteiger partial charge in [-0.2, -0.15) is 0 Å². The Bertz CT molecular complexity index is 320. The second kappa shape index (κ2) is 3.30. The van der Waals surface area contributed by atoms with Crippen molar-refractivity contribution in [2.24, 2.45) is 0 Å². The van der Waals surface area contributed by atoms with E-state index in [1.165, 1.54) is 5.56 Å². The fraction of sp³-hybridized carbons (Fsp3) is 0.400. The van der Waals surface area contributed by atoms with Gasteiger partial charge in [-0.1, -0.05) is 11.8 Å². The Labute approximate surface area is 77.1 Å². The molecule has 0 spiro atoms. The highest BCUT2D eigenvalue weighted by Gasteiger charge is 2.06. The zero-order valence-electron chi connectivity index (χ0n) is 7.51. The standard InChI is InChI=1S/C10H12OS/c1-8-5-7-12-9(8)4-6-10(2,3)11/h5,7,11H,1-3H3. The summed E-state index contributed by atoms with van der Waals surface area (Å²) in [6.45, 7) is 5.39. The maximum absolute atomic E-state index is 9.34. The Balaban J connectivity index is 2.87. The van der Waals surface area contributed by atoms with E-state index in [-0.39, 0.29) is 0 Å². The maximum Gasteiger partial charge on any atom is 0.120 e. The number of thiophene rings is 1. The predicted molar refractivity (Wildman–Crippen MR) is 52.2 cm³/mol. The molecule has 0 aliphatic rings. The summed E-state index contributed by atoms with van der Waals surface area (Å²) >= 11 is 1.61. The zero-order valence-corrected chi connectivity index (χ0v) is 8.33. The first-order valence-electron chi connectivity index (χ1n) is 3.79.